The van der Waals surface area contributed by atoms with Crippen LogP contribution in [-0.4, -0.2) is 54.4 Å². The molecule has 1 saturated heterocycles. The maximum Gasteiger partial charge on any atom is 0.260 e. The zero-order valence-corrected chi connectivity index (χ0v) is 15.6. The van der Waals surface area contributed by atoms with Crippen molar-refractivity contribution in [3.05, 3.63) is 66.0 Å². The second-order valence-electron chi connectivity index (χ2n) is 6.73. The van der Waals surface area contributed by atoms with Crippen molar-refractivity contribution in [1.82, 2.24) is 9.80 Å². The molecule has 0 bridgehead atoms. The molecule has 0 radical (unpaired) electrons. The van der Waals surface area contributed by atoms with Gasteiger partial charge in [-0.15, -0.1) is 0 Å². The second-order valence-corrected chi connectivity index (χ2v) is 6.73. The van der Waals surface area contributed by atoms with Gasteiger partial charge in [-0.05, 0) is 29.8 Å². The first-order valence-electron chi connectivity index (χ1n) is 9.27. The number of nitrogens with two attached hydrogens (primary N) is 1. The summed E-state index contributed by atoms with van der Waals surface area (Å²) >= 11 is 0. The molecule has 0 aromatic heterocycles. The van der Waals surface area contributed by atoms with Crippen LogP contribution in [0.2, 0.25) is 0 Å². The fourth-order valence-electron chi connectivity index (χ4n) is 3.11. The molecule has 148 valence electrons. The molecule has 2 N–H and O–H groups in total. The molecule has 0 aliphatic carbocycles. The quantitative estimate of drug-likeness (QED) is 0.825. The Hall–Kier alpha value is -2.93. The Morgan fingerprint density at radius 2 is 1.50 bits per heavy atom. The maximum absolute atomic E-state index is 12.9. The first kappa shape index (κ1) is 19.8. The van der Waals surface area contributed by atoms with Crippen molar-refractivity contribution in [2.24, 2.45) is 5.73 Å². The highest BCUT2D eigenvalue weighted by Crippen LogP contribution is 2.16. The Labute approximate surface area is 163 Å². The number of carbonyl (C=O) groups excluding carboxylic acids is 2. The highest BCUT2D eigenvalue weighted by Gasteiger charge is 2.25. The molecule has 1 unspecified atom stereocenters. The molecular formula is C21H24FN3O3. The van der Waals surface area contributed by atoms with E-state index >= 15 is 0 Å². The summed E-state index contributed by atoms with van der Waals surface area (Å²) in [5.41, 5.74) is 7.06. The molecule has 1 aliphatic heterocycles. The molecule has 0 spiro atoms. The number of hydrogen-bond donors (Lipinski definition) is 1. The van der Waals surface area contributed by atoms with Crippen LogP contribution in [-0.2, 0) is 9.59 Å². The summed E-state index contributed by atoms with van der Waals surface area (Å²) in [5.74, 6) is -0.0756. The lowest BCUT2D eigenvalue weighted by atomic mass is 10.0. The van der Waals surface area contributed by atoms with Gasteiger partial charge in [0.05, 0.1) is 0 Å². The Kier molecular flexibility index (Phi) is 6.60. The van der Waals surface area contributed by atoms with Crippen molar-refractivity contribution in [3.8, 4) is 5.75 Å². The first-order chi connectivity index (χ1) is 13.5. The van der Waals surface area contributed by atoms with Crippen LogP contribution < -0.4 is 10.5 Å². The van der Waals surface area contributed by atoms with E-state index in [-0.39, 0.29) is 36.7 Å². The minimum atomic E-state index is -0.355. The lowest BCUT2D eigenvalue weighted by Gasteiger charge is -2.35. The number of nitrogens with zero attached hydrogens (tertiary/aromatic N) is 2. The topological polar surface area (TPSA) is 75.9 Å². The number of amides is 2. The average Bonchev–Trinajstić information content (AvgIpc) is 2.73. The minimum Gasteiger partial charge on any atom is -0.484 e. The molecule has 6 nitrogen and oxygen atoms in total. The average molecular weight is 385 g/mol. The van der Waals surface area contributed by atoms with Gasteiger partial charge in [-0.2, -0.15) is 0 Å². The summed E-state index contributed by atoms with van der Waals surface area (Å²) in [4.78, 5) is 28.2. The van der Waals surface area contributed by atoms with Crippen LogP contribution in [0, 0.1) is 5.82 Å². The van der Waals surface area contributed by atoms with Crippen LogP contribution in [0.15, 0.2) is 54.6 Å². The number of carbonyl (C=O) groups is 2. The molecule has 1 atom stereocenters. The van der Waals surface area contributed by atoms with Gasteiger partial charge in [0, 0.05) is 38.6 Å². The molecule has 28 heavy (non-hydrogen) atoms. The summed E-state index contributed by atoms with van der Waals surface area (Å²) in [6, 6.07) is 14.7. The second kappa shape index (κ2) is 9.32. The largest absolute Gasteiger partial charge is 0.484 e. The summed E-state index contributed by atoms with van der Waals surface area (Å²) in [5, 5.41) is 0. The van der Waals surface area contributed by atoms with E-state index in [9.17, 15) is 14.0 Å². The minimum absolute atomic E-state index is 0.00832. The first-order valence-corrected chi connectivity index (χ1v) is 9.27. The molecule has 2 amide bonds. The summed E-state index contributed by atoms with van der Waals surface area (Å²) in [7, 11) is 0. The van der Waals surface area contributed by atoms with Crippen LogP contribution in [0.3, 0.4) is 0 Å². The third-order valence-electron chi connectivity index (χ3n) is 4.78. The van der Waals surface area contributed by atoms with Crippen LogP contribution >= 0.6 is 0 Å². The smallest absolute Gasteiger partial charge is 0.260 e. The van der Waals surface area contributed by atoms with Gasteiger partial charge in [0.2, 0.25) is 5.91 Å². The Morgan fingerprint density at radius 1 is 0.929 bits per heavy atom. The van der Waals surface area contributed by atoms with Gasteiger partial charge in [0.15, 0.2) is 6.61 Å². The van der Waals surface area contributed by atoms with E-state index < -0.39 is 0 Å². The van der Waals surface area contributed by atoms with Gasteiger partial charge in [0.25, 0.3) is 5.91 Å². The SMILES string of the molecule is NC(CC(=O)N1CCN(C(=O)COc2ccc(F)cc2)CC1)c1ccccc1. The Balaban J connectivity index is 1.42. The van der Waals surface area contributed by atoms with Crippen molar-refractivity contribution < 1.29 is 18.7 Å². The molecule has 7 heteroatoms. The van der Waals surface area contributed by atoms with E-state index in [2.05, 4.69) is 0 Å². The van der Waals surface area contributed by atoms with Crippen molar-refractivity contribution in [3.63, 3.8) is 0 Å². The molecule has 0 saturated carbocycles. The molecule has 1 aliphatic rings. The number of piperazine rings is 1. The van der Waals surface area contributed by atoms with Crippen LogP contribution in [0.4, 0.5) is 4.39 Å². The third-order valence-corrected chi connectivity index (χ3v) is 4.78. The molecule has 2 aromatic carbocycles. The molecule has 2 aromatic rings. The molecule has 3 rings (SSSR count). The van der Waals surface area contributed by atoms with E-state index in [1.54, 1.807) is 9.80 Å². The molecular weight excluding hydrogens is 361 g/mol. The summed E-state index contributed by atoms with van der Waals surface area (Å²) in [6.45, 7) is 1.75. The van der Waals surface area contributed by atoms with Gasteiger partial charge in [-0.3, -0.25) is 9.59 Å². The zero-order chi connectivity index (χ0) is 19.9. The fourth-order valence-corrected chi connectivity index (χ4v) is 3.11. The number of benzene rings is 2. The van der Waals surface area contributed by atoms with E-state index in [1.165, 1.54) is 24.3 Å². The number of halogens is 1. The van der Waals surface area contributed by atoms with E-state index in [1.807, 2.05) is 30.3 Å². The van der Waals surface area contributed by atoms with Crippen LogP contribution in [0.5, 0.6) is 5.75 Å². The zero-order valence-electron chi connectivity index (χ0n) is 15.6. The predicted octanol–water partition coefficient (Wildman–Crippen LogP) is 1.97. The summed E-state index contributed by atoms with van der Waals surface area (Å²) in [6.07, 6.45) is 0.242. The van der Waals surface area contributed by atoms with Crippen molar-refractivity contribution >= 4 is 11.8 Å². The van der Waals surface area contributed by atoms with Gasteiger partial charge in [-0.25, -0.2) is 4.39 Å². The number of ether oxygens (including phenoxy) is 1. The Morgan fingerprint density at radius 3 is 2.11 bits per heavy atom. The van der Waals surface area contributed by atoms with E-state index in [4.69, 9.17) is 10.5 Å². The maximum atomic E-state index is 12.9. The van der Waals surface area contributed by atoms with Gasteiger partial charge >= 0.3 is 0 Å². The highest BCUT2D eigenvalue weighted by atomic mass is 19.1. The van der Waals surface area contributed by atoms with Crippen LogP contribution in [0.1, 0.15) is 18.0 Å². The third kappa shape index (κ3) is 5.29. The van der Waals surface area contributed by atoms with E-state index in [0.717, 1.165) is 5.56 Å². The van der Waals surface area contributed by atoms with E-state index in [0.29, 0.717) is 31.9 Å². The number of rotatable bonds is 6. The van der Waals surface area contributed by atoms with Gasteiger partial charge < -0.3 is 20.3 Å². The van der Waals surface area contributed by atoms with Crippen LogP contribution in [0.25, 0.3) is 0 Å². The van der Waals surface area contributed by atoms with Gasteiger partial charge in [0.1, 0.15) is 11.6 Å². The molecule has 1 fully saturated rings. The lowest BCUT2D eigenvalue weighted by molar-refractivity contribution is -0.140. The molecule has 1 heterocycles. The standard InChI is InChI=1S/C21H24FN3O3/c22-17-6-8-18(9-7-17)28-15-21(27)25-12-10-24(11-13-25)20(26)14-19(23)16-4-2-1-3-5-16/h1-9,19H,10-15,23H2. The Bertz CT molecular complexity index is 790. The van der Waals surface area contributed by atoms with Crippen molar-refractivity contribution in [1.29, 1.82) is 0 Å². The normalized spacial score (nSPS) is 15.2. The number of hydrogen-bond acceptors (Lipinski definition) is 4. The fraction of sp³-hybridized carbons (Fsp3) is 0.333. The van der Waals surface area contributed by atoms with Crippen molar-refractivity contribution in [2.75, 3.05) is 32.8 Å². The highest BCUT2D eigenvalue weighted by molar-refractivity contribution is 5.79. The summed E-state index contributed by atoms with van der Waals surface area (Å²) < 4.78 is 18.3. The lowest BCUT2D eigenvalue weighted by Crippen LogP contribution is -2.52. The predicted molar refractivity (Wildman–Crippen MR) is 103 cm³/mol. The van der Waals surface area contributed by atoms with Crippen molar-refractivity contribution in [2.45, 2.75) is 12.5 Å². The monoisotopic (exact) mass is 385 g/mol. The van der Waals surface area contributed by atoms with Gasteiger partial charge in [-0.1, -0.05) is 30.3 Å².